The van der Waals surface area contributed by atoms with Crippen molar-refractivity contribution in [1.82, 2.24) is 14.8 Å². The molecule has 7 heteroatoms. The lowest BCUT2D eigenvalue weighted by Gasteiger charge is -2.08. The Hall–Kier alpha value is -2.18. The minimum Gasteiger partial charge on any atom is -0.292 e. The lowest BCUT2D eigenvalue weighted by Crippen LogP contribution is -2.12. The summed E-state index contributed by atoms with van der Waals surface area (Å²) in [6.45, 7) is -0.138. The number of benzene rings is 1. The van der Waals surface area contributed by atoms with E-state index in [9.17, 15) is 18.0 Å². The Morgan fingerprint density at radius 1 is 1.33 bits per heavy atom. The molecule has 0 aliphatic heterocycles. The van der Waals surface area contributed by atoms with Gasteiger partial charge in [0.25, 0.3) is 0 Å². The predicted octanol–water partition coefficient (Wildman–Crippen LogP) is 2.18. The molecule has 0 aliphatic carbocycles. The number of halogens is 3. The Labute approximate surface area is 100 Å². The van der Waals surface area contributed by atoms with E-state index in [-0.39, 0.29) is 12.1 Å². The van der Waals surface area contributed by atoms with Crippen molar-refractivity contribution >= 4 is 5.78 Å². The van der Waals surface area contributed by atoms with Gasteiger partial charge in [-0.2, -0.15) is 18.3 Å². The zero-order valence-electron chi connectivity index (χ0n) is 9.05. The number of nitrogens with zero attached hydrogens (tertiary/aromatic N) is 3. The molecule has 4 nitrogen and oxygen atoms in total. The fraction of sp³-hybridized carbons (Fsp3) is 0.182. The van der Waals surface area contributed by atoms with E-state index in [0.29, 0.717) is 0 Å². The number of rotatable bonds is 3. The summed E-state index contributed by atoms with van der Waals surface area (Å²) >= 11 is 0. The molecule has 0 unspecified atom stereocenters. The van der Waals surface area contributed by atoms with Crippen LogP contribution in [0.4, 0.5) is 13.2 Å². The van der Waals surface area contributed by atoms with Gasteiger partial charge in [-0.25, -0.2) is 9.67 Å². The molecule has 0 atom stereocenters. The number of carbonyl (C=O) groups excluding carboxylic acids is 1. The Balaban J connectivity index is 2.21. The third kappa shape index (κ3) is 2.73. The first-order valence-corrected chi connectivity index (χ1v) is 5.00. The van der Waals surface area contributed by atoms with E-state index in [1.807, 2.05) is 0 Å². The molecule has 0 saturated heterocycles. The molecule has 2 aromatic rings. The van der Waals surface area contributed by atoms with Crippen LogP contribution in [-0.4, -0.2) is 20.5 Å². The number of ketones is 1. The molecule has 1 heterocycles. The Morgan fingerprint density at radius 3 is 2.72 bits per heavy atom. The van der Waals surface area contributed by atoms with Crippen LogP contribution in [0.1, 0.15) is 15.9 Å². The average molecular weight is 255 g/mol. The topological polar surface area (TPSA) is 47.8 Å². The highest BCUT2D eigenvalue weighted by Crippen LogP contribution is 2.29. The SMILES string of the molecule is O=C(Cn1cncn1)c1cccc(C(F)(F)F)c1. The van der Waals surface area contributed by atoms with Crippen LogP contribution in [0, 0.1) is 0 Å². The third-order valence-electron chi connectivity index (χ3n) is 2.28. The normalized spacial score (nSPS) is 11.5. The van der Waals surface area contributed by atoms with E-state index < -0.39 is 17.5 Å². The van der Waals surface area contributed by atoms with Crippen molar-refractivity contribution in [1.29, 1.82) is 0 Å². The van der Waals surface area contributed by atoms with Gasteiger partial charge in [0.1, 0.15) is 19.2 Å². The van der Waals surface area contributed by atoms with Crippen molar-refractivity contribution in [2.75, 3.05) is 0 Å². The van der Waals surface area contributed by atoms with Crippen LogP contribution in [0.3, 0.4) is 0 Å². The second kappa shape index (κ2) is 4.59. The number of carbonyl (C=O) groups is 1. The highest BCUT2D eigenvalue weighted by Gasteiger charge is 2.30. The van der Waals surface area contributed by atoms with Crippen LogP contribution in [0.5, 0.6) is 0 Å². The van der Waals surface area contributed by atoms with E-state index in [2.05, 4.69) is 10.1 Å². The van der Waals surface area contributed by atoms with Crippen LogP contribution in [0.2, 0.25) is 0 Å². The number of hydrogen-bond acceptors (Lipinski definition) is 3. The highest BCUT2D eigenvalue weighted by atomic mass is 19.4. The van der Waals surface area contributed by atoms with E-state index in [1.165, 1.54) is 29.5 Å². The van der Waals surface area contributed by atoms with E-state index in [1.54, 1.807) is 0 Å². The Bertz CT molecular complexity index is 549. The maximum Gasteiger partial charge on any atom is 0.416 e. The second-order valence-corrected chi connectivity index (χ2v) is 3.59. The standard InChI is InChI=1S/C11H8F3N3O/c12-11(13,14)9-3-1-2-8(4-9)10(18)5-17-7-15-6-16-17/h1-4,6-7H,5H2. The van der Waals surface area contributed by atoms with Crippen LogP contribution >= 0.6 is 0 Å². The predicted molar refractivity (Wildman–Crippen MR) is 55.8 cm³/mol. The number of alkyl halides is 3. The maximum absolute atomic E-state index is 12.5. The van der Waals surface area contributed by atoms with Gasteiger partial charge in [-0.1, -0.05) is 12.1 Å². The first-order valence-electron chi connectivity index (χ1n) is 5.00. The van der Waals surface area contributed by atoms with Gasteiger partial charge >= 0.3 is 6.18 Å². The summed E-state index contributed by atoms with van der Waals surface area (Å²) in [5.41, 5.74) is -0.840. The molecule has 0 radical (unpaired) electrons. The second-order valence-electron chi connectivity index (χ2n) is 3.59. The van der Waals surface area contributed by atoms with Gasteiger partial charge in [-0.3, -0.25) is 4.79 Å². The summed E-state index contributed by atoms with van der Waals surface area (Å²) in [4.78, 5) is 15.4. The van der Waals surface area contributed by atoms with Gasteiger partial charge in [0.05, 0.1) is 5.56 Å². The largest absolute Gasteiger partial charge is 0.416 e. The minimum atomic E-state index is -4.45. The number of aromatic nitrogens is 3. The summed E-state index contributed by atoms with van der Waals surface area (Å²) in [6, 6.07) is 4.30. The van der Waals surface area contributed by atoms with Crippen molar-refractivity contribution in [3.05, 3.63) is 48.0 Å². The van der Waals surface area contributed by atoms with Gasteiger partial charge in [-0.05, 0) is 12.1 Å². The minimum absolute atomic E-state index is 0.000301. The fourth-order valence-corrected chi connectivity index (χ4v) is 1.42. The smallest absolute Gasteiger partial charge is 0.292 e. The highest BCUT2D eigenvalue weighted by molar-refractivity contribution is 5.96. The van der Waals surface area contributed by atoms with Gasteiger partial charge in [0, 0.05) is 5.56 Å². The summed E-state index contributed by atoms with van der Waals surface area (Å²) in [6.07, 6.45) is -1.88. The van der Waals surface area contributed by atoms with Crippen LogP contribution < -0.4 is 0 Å². The fourth-order valence-electron chi connectivity index (χ4n) is 1.42. The summed E-state index contributed by atoms with van der Waals surface area (Å²) < 4.78 is 38.7. The molecule has 1 aromatic heterocycles. The first kappa shape index (κ1) is 12.3. The van der Waals surface area contributed by atoms with E-state index >= 15 is 0 Å². The third-order valence-corrected chi connectivity index (χ3v) is 2.28. The lowest BCUT2D eigenvalue weighted by molar-refractivity contribution is -0.137. The Kier molecular flexibility index (Phi) is 3.14. The zero-order chi connectivity index (χ0) is 13.2. The molecule has 0 spiro atoms. The van der Waals surface area contributed by atoms with Crippen molar-refractivity contribution in [3.63, 3.8) is 0 Å². The van der Waals surface area contributed by atoms with Gasteiger partial charge in [0.15, 0.2) is 5.78 Å². The van der Waals surface area contributed by atoms with Crippen molar-refractivity contribution in [3.8, 4) is 0 Å². The van der Waals surface area contributed by atoms with Crippen molar-refractivity contribution in [2.24, 2.45) is 0 Å². The molecule has 94 valence electrons. The number of Topliss-reactive ketones (excluding diaryl/α,β-unsaturated/α-hetero) is 1. The molecular formula is C11H8F3N3O. The summed E-state index contributed by atoms with van der Waals surface area (Å²) in [7, 11) is 0. The number of hydrogen-bond donors (Lipinski definition) is 0. The van der Waals surface area contributed by atoms with Gasteiger partial charge in [0.2, 0.25) is 0 Å². The monoisotopic (exact) mass is 255 g/mol. The molecule has 18 heavy (non-hydrogen) atoms. The Morgan fingerprint density at radius 2 is 2.11 bits per heavy atom. The molecule has 0 fully saturated rings. The van der Waals surface area contributed by atoms with E-state index in [4.69, 9.17) is 0 Å². The summed E-state index contributed by atoms with van der Waals surface area (Å²) in [5, 5.41) is 3.72. The molecule has 0 N–H and O–H groups in total. The first-order chi connectivity index (χ1) is 8.47. The average Bonchev–Trinajstić information content (AvgIpc) is 2.81. The van der Waals surface area contributed by atoms with E-state index in [0.717, 1.165) is 12.1 Å². The molecule has 0 aliphatic rings. The van der Waals surface area contributed by atoms with Crippen LogP contribution in [0.15, 0.2) is 36.9 Å². The molecule has 0 saturated carbocycles. The zero-order valence-corrected chi connectivity index (χ0v) is 9.05. The molecule has 0 bridgehead atoms. The maximum atomic E-state index is 12.5. The van der Waals surface area contributed by atoms with Gasteiger partial charge < -0.3 is 0 Å². The quantitative estimate of drug-likeness (QED) is 0.790. The molecule has 1 aromatic carbocycles. The van der Waals surface area contributed by atoms with Crippen molar-refractivity contribution in [2.45, 2.75) is 12.7 Å². The van der Waals surface area contributed by atoms with Gasteiger partial charge in [-0.15, -0.1) is 0 Å². The molecule has 0 amide bonds. The summed E-state index contributed by atoms with van der Waals surface area (Å²) in [5.74, 6) is -0.452. The van der Waals surface area contributed by atoms with Crippen LogP contribution in [0.25, 0.3) is 0 Å². The van der Waals surface area contributed by atoms with Crippen molar-refractivity contribution < 1.29 is 18.0 Å². The molecule has 2 rings (SSSR count). The molecular weight excluding hydrogens is 247 g/mol. The lowest BCUT2D eigenvalue weighted by atomic mass is 10.1. The van der Waals surface area contributed by atoms with Crippen LogP contribution in [-0.2, 0) is 12.7 Å².